The van der Waals surface area contributed by atoms with Crippen molar-refractivity contribution in [3.63, 3.8) is 0 Å². The van der Waals surface area contributed by atoms with Gasteiger partial charge in [-0.1, -0.05) is 29.4 Å². The second-order valence-electron chi connectivity index (χ2n) is 8.18. The van der Waals surface area contributed by atoms with Crippen molar-refractivity contribution < 1.29 is 24.9 Å². The molecule has 2 atom stereocenters. The maximum atomic E-state index is 12.9. The molecule has 0 amide bonds. The van der Waals surface area contributed by atoms with Gasteiger partial charge in [-0.15, -0.1) is 0 Å². The maximum absolute atomic E-state index is 12.9. The first-order valence-corrected chi connectivity index (χ1v) is 10.0. The fourth-order valence-corrected chi connectivity index (χ4v) is 3.39. The van der Waals surface area contributed by atoms with Gasteiger partial charge in [0.1, 0.15) is 17.2 Å². The first-order chi connectivity index (χ1) is 14.2. The topological polar surface area (TPSA) is 87.0 Å². The van der Waals surface area contributed by atoms with Gasteiger partial charge in [0.15, 0.2) is 18.0 Å². The molecule has 5 heteroatoms. The summed E-state index contributed by atoms with van der Waals surface area (Å²) in [6.07, 6.45) is 2.67. The van der Waals surface area contributed by atoms with Crippen molar-refractivity contribution in [3.8, 4) is 17.2 Å². The summed E-state index contributed by atoms with van der Waals surface area (Å²) < 4.78 is 5.94. The highest BCUT2D eigenvalue weighted by Crippen LogP contribution is 2.39. The number of hydrogen-bond acceptors (Lipinski definition) is 5. The molecule has 1 heterocycles. The second-order valence-corrected chi connectivity index (χ2v) is 8.18. The van der Waals surface area contributed by atoms with E-state index in [1.54, 1.807) is 24.3 Å². The Balaban J connectivity index is 1.95. The van der Waals surface area contributed by atoms with Gasteiger partial charge >= 0.3 is 0 Å². The Labute approximate surface area is 177 Å². The molecule has 1 aliphatic heterocycles. The number of ketones is 1. The van der Waals surface area contributed by atoms with Gasteiger partial charge in [-0.25, -0.2) is 0 Å². The summed E-state index contributed by atoms with van der Waals surface area (Å²) in [5.41, 5.74) is 4.36. The Bertz CT molecular complexity index is 1020. The zero-order valence-corrected chi connectivity index (χ0v) is 17.8. The summed E-state index contributed by atoms with van der Waals surface area (Å²) in [6.45, 7) is 7.87. The molecule has 158 valence electrons. The minimum absolute atomic E-state index is 0.0455. The van der Waals surface area contributed by atoms with Gasteiger partial charge in [-0.3, -0.25) is 4.79 Å². The minimum Gasteiger partial charge on any atom is -0.508 e. The molecule has 3 rings (SSSR count). The highest BCUT2D eigenvalue weighted by atomic mass is 16.5. The molecule has 2 unspecified atom stereocenters. The Hall–Kier alpha value is -3.05. The van der Waals surface area contributed by atoms with E-state index in [9.17, 15) is 20.1 Å². The number of rotatable bonds is 5. The molecule has 0 bridgehead atoms. The Kier molecular flexibility index (Phi) is 6.32. The quantitative estimate of drug-likeness (QED) is 0.619. The SMILES string of the molecule is CC(C)=CCc1cc(C2Oc3cc(O)c(CC=C(C)C)cc3C(=O)C2O)ccc1O. The van der Waals surface area contributed by atoms with Crippen LogP contribution in [0.4, 0.5) is 0 Å². The lowest BCUT2D eigenvalue weighted by molar-refractivity contribution is 0.0215. The van der Waals surface area contributed by atoms with Crippen LogP contribution < -0.4 is 4.74 Å². The third kappa shape index (κ3) is 4.57. The molecule has 0 saturated heterocycles. The smallest absolute Gasteiger partial charge is 0.199 e. The lowest BCUT2D eigenvalue weighted by Gasteiger charge is -2.30. The molecular weight excluding hydrogens is 380 g/mol. The predicted molar refractivity (Wildman–Crippen MR) is 116 cm³/mol. The van der Waals surface area contributed by atoms with E-state index < -0.39 is 18.0 Å². The van der Waals surface area contributed by atoms with Gasteiger partial charge in [0, 0.05) is 6.07 Å². The third-order valence-electron chi connectivity index (χ3n) is 5.15. The van der Waals surface area contributed by atoms with Crippen molar-refractivity contribution in [2.24, 2.45) is 0 Å². The molecule has 5 nitrogen and oxygen atoms in total. The van der Waals surface area contributed by atoms with Crippen molar-refractivity contribution >= 4 is 5.78 Å². The second kappa shape index (κ2) is 8.76. The van der Waals surface area contributed by atoms with Crippen molar-refractivity contribution in [3.05, 3.63) is 75.9 Å². The zero-order chi connectivity index (χ0) is 22.0. The number of carbonyl (C=O) groups excluding carboxylic acids is 1. The molecular formula is C25H28O5. The lowest BCUT2D eigenvalue weighted by atomic mass is 9.90. The van der Waals surface area contributed by atoms with E-state index in [-0.39, 0.29) is 22.8 Å². The number of phenolic OH excluding ortho intramolecular Hbond substituents is 2. The van der Waals surface area contributed by atoms with E-state index in [1.165, 1.54) is 6.07 Å². The van der Waals surface area contributed by atoms with E-state index in [0.717, 1.165) is 11.1 Å². The van der Waals surface area contributed by atoms with Gasteiger partial charge in [-0.05, 0) is 75.4 Å². The molecule has 0 spiro atoms. The van der Waals surface area contributed by atoms with Crippen LogP contribution in [0.1, 0.15) is 60.8 Å². The molecule has 3 N–H and O–H groups in total. The Morgan fingerprint density at radius 1 is 0.933 bits per heavy atom. The van der Waals surface area contributed by atoms with E-state index in [2.05, 4.69) is 0 Å². The van der Waals surface area contributed by atoms with Gasteiger partial charge < -0.3 is 20.1 Å². The molecule has 30 heavy (non-hydrogen) atoms. The van der Waals surface area contributed by atoms with Gasteiger partial charge in [0.25, 0.3) is 0 Å². The fraction of sp³-hybridized carbons (Fsp3) is 0.320. The number of fused-ring (bicyclic) bond motifs is 1. The van der Waals surface area contributed by atoms with Gasteiger partial charge in [0.05, 0.1) is 5.56 Å². The van der Waals surface area contributed by atoms with Crippen molar-refractivity contribution in [2.75, 3.05) is 0 Å². The van der Waals surface area contributed by atoms with Crippen molar-refractivity contribution in [2.45, 2.75) is 52.7 Å². The number of carbonyl (C=O) groups is 1. The molecule has 2 aromatic carbocycles. The normalized spacial score (nSPS) is 17.7. The summed E-state index contributed by atoms with van der Waals surface area (Å²) in [5, 5.41) is 31.2. The third-order valence-corrected chi connectivity index (χ3v) is 5.15. The Morgan fingerprint density at radius 3 is 2.13 bits per heavy atom. The first kappa shape index (κ1) is 21.7. The van der Waals surface area contributed by atoms with Crippen LogP contribution in [0, 0.1) is 0 Å². The summed E-state index contributed by atoms with van der Waals surface area (Å²) in [7, 11) is 0. The minimum atomic E-state index is -1.38. The van der Waals surface area contributed by atoms with Crippen LogP contribution in [0.3, 0.4) is 0 Å². The van der Waals surface area contributed by atoms with E-state index in [1.807, 2.05) is 39.8 Å². The van der Waals surface area contributed by atoms with E-state index in [0.29, 0.717) is 29.5 Å². The predicted octanol–water partition coefficient (Wildman–Crippen LogP) is 4.79. The van der Waals surface area contributed by atoms with Crippen LogP contribution >= 0.6 is 0 Å². The highest BCUT2D eigenvalue weighted by Gasteiger charge is 2.37. The zero-order valence-electron chi connectivity index (χ0n) is 17.8. The Morgan fingerprint density at radius 2 is 1.53 bits per heavy atom. The number of benzene rings is 2. The molecule has 0 aromatic heterocycles. The molecule has 2 aromatic rings. The van der Waals surface area contributed by atoms with E-state index >= 15 is 0 Å². The van der Waals surface area contributed by atoms with Crippen molar-refractivity contribution in [1.82, 2.24) is 0 Å². The average molecular weight is 408 g/mol. The van der Waals surface area contributed by atoms with Crippen LogP contribution in [0.5, 0.6) is 17.2 Å². The molecule has 1 aliphatic rings. The van der Waals surface area contributed by atoms with E-state index in [4.69, 9.17) is 4.74 Å². The van der Waals surface area contributed by atoms with Gasteiger partial charge in [-0.2, -0.15) is 0 Å². The summed E-state index contributed by atoms with van der Waals surface area (Å²) in [4.78, 5) is 12.9. The standard InChI is InChI=1S/C25H28O5/c1-14(2)5-7-16-11-18(9-10-20(16)26)25-24(29)23(28)19-12-17(8-6-15(3)4)21(27)13-22(19)30-25/h5-6,9-13,24-27,29H,7-8H2,1-4H3. The number of aliphatic hydroxyl groups is 1. The van der Waals surface area contributed by atoms with Crippen LogP contribution in [-0.2, 0) is 12.8 Å². The summed E-state index contributed by atoms with van der Waals surface area (Å²) >= 11 is 0. The number of Topliss-reactive ketones (excluding diaryl/α,β-unsaturated/α-hetero) is 1. The number of phenols is 2. The molecule has 0 saturated carbocycles. The monoisotopic (exact) mass is 408 g/mol. The number of aliphatic hydroxyl groups excluding tert-OH is 1. The number of allylic oxidation sites excluding steroid dienone is 4. The number of ether oxygens (including phenoxy) is 1. The van der Waals surface area contributed by atoms with Gasteiger partial charge in [0.2, 0.25) is 0 Å². The average Bonchev–Trinajstić information content (AvgIpc) is 2.68. The fourth-order valence-electron chi connectivity index (χ4n) is 3.39. The lowest BCUT2D eigenvalue weighted by Crippen LogP contribution is -2.36. The summed E-state index contributed by atoms with van der Waals surface area (Å²) in [6, 6.07) is 7.94. The highest BCUT2D eigenvalue weighted by molar-refractivity contribution is 6.03. The first-order valence-electron chi connectivity index (χ1n) is 10.0. The van der Waals surface area contributed by atoms with Crippen LogP contribution in [0.15, 0.2) is 53.6 Å². The van der Waals surface area contributed by atoms with Crippen LogP contribution in [-0.4, -0.2) is 27.2 Å². The molecule has 0 fully saturated rings. The largest absolute Gasteiger partial charge is 0.508 e. The maximum Gasteiger partial charge on any atom is 0.199 e. The molecule has 0 aliphatic carbocycles. The number of hydrogen-bond donors (Lipinski definition) is 3. The van der Waals surface area contributed by atoms with Crippen LogP contribution in [0.25, 0.3) is 0 Å². The summed E-state index contributed by atoms with van der Waals surface area (Å²) in [5.74, 6) is -0.00901. The van der Waals surface area contributed by atoms with Crippen molar-refractivity contribution in [1.29, 1.82) is 0 Å². The number of aromatic hydroxyl groups is 2. The molecule has 0 radical (unpaired) electrons. The van der Waals surface area contributed by atoms with Crippen LogP contribution in [0.2, 0.25) is 0 Å².